The number of carbonyl (C=O) groups is 3. The van der Waals surface area contributed by atoms with Gasteiger partial charge in [-0.25, -0.2) is 4.39 Å². The summed E-state index contributed by atoms with van der Waals surface area (Å²) < 4.78 is 19.1. The molecule has 0 aliphatic rings. The number of benzene rings is 3. The minimum Gasteiger partial charge on any atom is -0.483 e. The first-order valence-corrected chi connectivity index (χ1v) is 9.93. The van der Waals surface area contributed by atoms with Crippen LogP contribution in [0.3, 0.4) is 0 Å². The number of aryl methyl sites for hydroxylation is 1. The molecule has 0 fully saturated rings. The summed E-state index contributed by atoms with van der Waals surface area (Å²) in [7, 11) is 0. The van der Waals surface area contributed by atoms with Crippen molar-refractivity contribution in [1.82, 2.24) is 10.9 Å². The molecule has 3 N–H and O–H groups in total. The quantitative estimate of drug-likeness (QED) is 0.495. The molecule has 0 spiro atoms. The zero-order valence-electron chi connectivity index (χ0n) is 17.4. The minimum absolute atomic E-state index is 0.0295. The Labute approximate surface area is 184 Å². The van der Waals surface area contributed by atoms with Gasteiger partial charge in [-0.1, -0.05) is 43.3 Å². The largest absolute Gasteiger partial charge is 0.483 e. The van der Waals surface area contributed by atoms with Crippen LogP contribution >= 0.6 is 0 Å². The Kier molecular flexibility index (Phi) is 7.53. The maximum Gasteiger partial charge on any atom is 0.273 e. The van der Waals surface area contributed by atoms with Gasteiger partial charge in [-0.3, -0.25) is 25.2 Å². The molecule has 3 rings (SSSR count). The Balaban J connectivity index is 1.57. The first-order chi connectivity index (χ1) is 15.5. The van der Waals surface area contributed by atoms with E-state index in [1.807, 2.05) is 19.1 Å². The number of hydrogen-bond donors (Lipinski definition) is 3. The molecular formula is C24H22FN3O4. The second kappa shape index (κ2) is 10.7. The summed E-state index contributed by atoms with van der Waals surface area (Å²) in [5.74, 6) is -2.11. The van der Waals surface area contributed by atoms with Crippen molar-refractivity contribution in [3.8, 4) is 5.75 Å². The number of nitrogens with one attached hydrogen (secondary N) is 3. The van der Waals surface area contributed by atoms with Crippen LogP contribution < -0.4 is 20.9 Å². The van der Waals surface area contributed by atoms with Crippen molar-refractivity contribution in [2.45, 2.75) is 13.3 Å². The third kappa shape index (κ3) is 5.91. The maximum absolute atomic E-state index is 13.7. The van der Waals surface area contributed by atoms with Crippen LogP contribution in [-0.4, -0.2) is 24.3 Å². The average molecular weight is 435 g/mol. The highest BCUT2D eigenvalue weighted by molar-refractivity contribution is 6.00. The van der Waals surface area contributed by atoms with E-state index in [2.05, 4.69) is 16.2 Å². The van der Waals surface area contributed by atoms with E-state index >= 15 is 0 Å². The van der Waals surface area contributed by atoms with E-state index in [0.717, 1.165) is 12.0 Å². The summed E-state index contributed by atoms with van der Waals surface area (Å²) >= 11 is 0. The molecule has 0 heterocycles. The van der Waals surface area contributed by atoms with Gasteiger partial charge in [0.2, 0.25) is 0 Å². The van der Waals surface area contributed by atoms with Crippen molar-refractivity contribution in [1.29, 1.82) is 0 Å². The van der Waals surface area contributed by atoms with Crippen LogP contribution in [-0.2, 0) is 11.2 Å². The van der Waals surface area contributed by atoms with E-state index in [-0.39, 0.29) is 17.0 Å². The first-order valence-electron chi connectivity index (χ1n) is 9.93. The van der Waals surface area contributed by atoms with Gasteiger partial charge in [0.15, 0.2) is 6.61 Å². The standard InChI is InChI=1S/C24H22FN3O4/c1-2-16-11-13-17(14-12-16)23(30)27-28-24(31)18-7-3-6-10-21(18)32-15-22(29)26-20-9-5-4-8-19(20)25/h3-14H,2,15H2,1H3,(H,26,29)(H,27,30)(H,28,31). The molecule has 0 aromatic heterocycles. The van der Waals surface area contributed by atoms with E-state index in [4.69, 9.17) is 4.74 Å². The van der Waals surface area contributed by atoms with Crippen molar-refractivity contribution in [3.05, 3.63) is 95.3 Å². The lowest BCUT2D eigenvalue weighted by Crippen LogP contribution is -2.41. The normalized spacial score (nSPS) is 10.2. The number of para-hydroxylation sites is 2. The number of hydrazine groups is 1. The highest BCUT2D eigenvalue weighted by Gasteiger charge is 2.15. The lowest BCUT2D eigenvalue weighted by atomic mass is 10.1. The Hall–Kier alpha value is -4.20. The molecule has 0 radical (unpaired) electrons. The topological polar surface area (TPSA) is 96.5 Å². The fourth-order valence-electron chi connectivity index (χ4n) is 2.82. The smallest absolute Gasteiger partial charge is 0.273 e. The van der Waals surface area contributed by atoms with Crippen molar-refractivity contribution in [2.24, 2.45) is 0 Å². The lowest BCUT2D eigenvalue weighted by Gasteiger charge is -2.12. The van der Waals surface area contributed by atoms with Gasteiger partial charge in [0.25, 0.3) is 17.7 Å². The maximum atomic E-state index is 13.7. The molecule has 32 heavy (non-hydrogen) atoms. The predicted molar refractivity (Wildman–Crippen MR) is 118 cm³/mol. The summed E-state index contributed by atoms with van der Waals surface area (Å²) in [5, 5.41) is 2.40. The van der Waals surface area contributed by atoms with Crippen LogP contribution in [0.15, 0.2) is 72.8 Å². The molecular weight excluding hydrogens is 413 g/mol. The molecule has 0 saturated heterocycles. The van der Waals surface area contributed by atoms with Crippen molar-refractivity contribution in [3.63, 3.8) is 0 Å². The minimum atomic E-state index is -0.617. The number of carbonyl (C=O) groups excluding carboxylic acids is 3. The van der Waals surface area contributed by atoms with Gasteiger partial charge < -0.3 is 10.1 Å². The molecule has 0 bridgehead atoms. The summed E-state index contributed by atoms with van der Waals surface area (Å²) in [4.78, 5) is 36.8. The van der Waals surface area contributed by atoms with Crippen LogP contribution in [0.4, 0.5) is 10.1 Å². The molecule has 0 unspecified atom stereocenters. The molecule has 3 aromatic carbocycles. The second-order valence-electron chi connectivity index (χ2n) is 6.77. The molecule has 0 atom stereocenters. The Morgan fingerprint density at radius 2 is 1.50 bits per heavy atom. The third-order valence-electron chi connectivity index (χ3n) is 4.55. The Bertz CT molecular complexity index is 1120. The van der Waals surface area contributed by atoms with Gasteiger partial charge in [0, 0.05) is 5.56 Å². The number of ether oxygens (including phenoxy) is 1. The molecule has 7 nitrogen and oxygen atoms in total. The van der Waals surface area contributed by atoms with E-state index in [1.54, 1.807) is 30.3 Å². The Morgan fingerprint density at radius 1 is 0.844 bits per heavy atom. The predicted octanol–water partition coefficient (Wildman–Crippen LogP) is 3.48. The number of anilines is 1. The van der Waals surface area contributed by atoms with E-state index in [0.29, 0.717) is 5.56 Å². The van der Waals surface area contributed by atoms with E-state index < -0.39 is 30.1 Å². The van der Waals surface area contributed by atoms with Gasteiger partial charge in [-0.2, -0.15) is 0 Å². The van der Waals surface area contributed by atoms with Gasteiger partial charge in [0.1, 0.15) is 11.6 Å². The van der Waals surface area contributed by atoms with Crippen LogP contribution in [0.25, 0.3) is 0 Å². The molecule has 3 aromatic rings. The van der Waals surface area contributed by atoms with Gasteiger partial charge >= 0.3 is 0 Å². The second-order valence-corrected chi connectivity index (χ2v) is 6.77. The average Bonchev–Trinajstić information content (AvgIpc) is 2.82. The SMILES string of the molecule is CCc1ccc(C(=O)NNC(=O)c2ccccc2OCC(=O)Nc2ccccc2F)cc1. The Morgan fingerprint density at radius 3 is 2.22 bits per heavy atom. The van der Waals surface area contributed by atoms with Crippen LogP contribution in [0.1, 0.15) is 33.2 Å². The molecule has 0 aliphatic heterocycles. The number of hydrogen-bond acceptors (Lipinski definition) is 4. The number of amides is 3. The van der Waals surface area contributed by atoms with Crippen LogP contribution in [0.2, 0.25) is 0 Å². The summed E-state index contributed by atoms with van der Waals surface area (Å²) in [6, 6.07) is 19.0. The molecule has 0 saturated carbocycles. The summed E-state index contributed by atoms with van der Waals surface area (Å²) in [6.45, 7) is 1.58. The fraction of sp³-hybridized carbons (Fsp3) is 0.125. The van der Waals surface area contributed by atoms with Gasteiger partial charge in [-0.05, 0) is 48.4 Å². The van der Waals surface area contributed by atoms with Crippen molar-refractivity contribution < 1.29 is 23.5 Å². The molecule has 164 valence electrons. The fourth-order valence-corrected chi connectivity index (χ4v) is 2.82. The molecule has 3 amide bonds. The monoisotopic (exact) mass is 435 g/mol. The van der Waals surface area contributed by atoms with E-state index in [1.165, 1.54) is 30.3 Å². The zero-order chi connectivity index (χ0) is 22.9. The highest BCUT2D eigenvalue weighted by Crippen LogP contribution is 2.18. The number of halogens is 1. The van der Waals surface area contributed by atoms with Crippen molar-refractivity contribution in [2.75, 3.05) is 11.9 Å². The summed E-state index contributed by atoms with van der Waals surface area (Å²) in [5.41, 5.74) is 6.32. The zero-order valence-corrected chi connectivity index (χ0v) is 17.4. The van der Waals surface area contributed by atoms with Crippen LogP contribution in [0, 0.1) is 5.82 Å². The van der Waals surface area contributed by atoms with E-state index in [9.17, 15) is 18.8 Å². The van der Waals surface area contributed by atoms with Gasteiger partial charge in [-0.15, -0.1) is 0 Å². The van der Waals surface area contributed by atoms with Gasteiger partial charge in [0.05, 0.1) is 11.3 Å². The molecule has 8 heteroatoms. The first kappa shape index (κ1) is 22.5. The number of rotatable bonds is 7. The summed E-state index contributed by atoms with van der Waals surface area (Å²) in [6.07, 6.45) is 0.855. The van der Waals surface area contributed by atoms with Crippen molar-refractivity contribution >= 4 is 23.4 Å². The van der Waals surface area contributed by atoms with Crippen LogP contribution in [0.5, 0.6) is 5.75 Å². The molecule has 0 aliphatic carbocycles. The highest BCUT2D eigenvalue weighted by atomic mass is 19.1. The lowest BCUT2D eigenvalue weighted by molar-refractivity contribution is -0.118. The third-order valence-corrected chi connectivity index (χ3v) is 4.55.